The third-order valence-corrected chi connectivity index (χ3v) is 2.15. The summed E-state index contributed by atoms with van der Waals surface area (Å²) in [6.07, 6.45) is 7.63. The van der Waals surface area contributed by atoms with E-state index in [0.29, 0.717) is 13.0 Å². The van der Waals surface area contributed by atoms with Crippen LogP contribution in [0.3, 0.4) is 0 Å². The van der Waals surface area contributed by atoms with Gasteiger partial charge in [0.15, 0.2) is 5.78 Å². The summed E-state index contributed by atoms with van der Waals surface area (Å²) >= 11 is 0. The van der Waals surface area contributed by atoms with Crippen molar-refractivity contribution in [2.45, 2.75) is 39.7 Å². The Bertz CT molecular complexity index is 274. The summed E-state index contributed by atoms with van der Waals surface area (Å²) in [6, 6.07) is 0. The zero-order valence-corrected chi connectivity index (χ0v) is 10.7. The molecule has 0 spiro atoms. The molecule has 0 aliphatic heterocycles. The van der Waals surface area contributed by atoms with Gasteiger partial charge in [0, 0.05) is 13.0 Å². The van der Waals surface area contributed by atoms with Gasteiger partial charge in [-0.2, -0.15) is 0 Å². The minimum Gasteiger partial charge on any atom is -0.301 e. The van der Waals surface area contributed by atoms with E-state index in [1.807, 2.05) is 33.8 Å². The fourth-order valence-corrected chi connectivity index (χ4v) is 0.898. The number of Topliss-reactive ketones (excluding diaryl/α,β-unsaturated/α-hetero) is 1. The highest BCUT2D eigenvalue weighted by molar-refractivity contribution is 5.94. The molecule has 0 amide bonds. The van der Waals surface area contributed by atoms with E-state index in [2.05, 4.69) is 11.2 Å². The molecule has 0 rings (SSSR count). The normalized spacial score (nSPS) is 11.5. The second-order valence-electron chi connectivity index (χ2n) is 3.84. The number of halogens is 1. The highest BCUT2D eigenvalue weighted by Gasteiger charge is 2.12. The fourth-order valence-electron chi connectivity index (χ4n) is 0.898. The summed E-state index contributed by atoms with van der Waals surface area (Å²) in [5.41, 5.74) is 0.481. The maximum Gasteiger partial charge on any atom is 0.159 e. The lowest BCUT2D eigenvalue weighted by atomic mass is 10.1. The summed E-state index contributed by atoms with van der Waals surface area (Å²) < 4.78 is 0. The number of hydrogen-bond donors (Lipinski definition) is 1. The number of carbonyl (C=O) groups excluding carboxylic acids is 1. The topological polar surface area (TPSA) is 29.1 Å². The first-order valence-corrected chi connectivity index (χ1v) is 4.82. The number of allylic oxidation sites excluding steroid dienone is 2. The first-order valence-electron chi connectivity index (χ1n) is 4.82. The molecule has 0 saturated heterocycles. The Morgan fingerprint density at radius 1 is 1.53 bits per heavy atom. The van der Waals surface area contributed by atoms with Crippen LogP contribution >= 0.6 is 12.4 Å². The molecule has 0 aliphatic carbocycles. The van der Waals surface area contributed by atoms with Crippen LogP contribution in [0.4, 0.5) is 0 Å². The monoisotopic (exact) mass is 229 g/mol. The predicted octanol–water partition coefficient (Wildman–Crippen LogP) is 2.34. The highest BCUT2D eigenvalue weighted by atomic mass is 35.5. The van der Waals surface area contributed by atoms with E-state index in [1.54, 1.807) is 0 Å². The van der Waals surface area contributed by atoms with E-state index in [0.717, 1.165) is 5.57 Å². The Labute approximate surface area is 98.9 Å². The predicted molar refractivity (Wildman–Crippen MR) is 67.2 cm³/mol. The Balaban J connectivity index is 0. The lowest BCUT2D eigenvalue weighted by molar-refractivity contribution is -0.115. The van der Waals surface area contributed by atoms with E-state index >= 15 is 0 Å². The van der Waals surface area contributed by atoms with Gasteiger partial charge in [-0.05, 0) is 33.3 Å². The molecule has 0 radical (unpaired) electrons. The van der Waals surface area contributed by atoms with Crippen LogP contribution < -0.4 is 5.32 Å². The second-order valence-corrected chi connectivity index (χ2v) is 3.84. The van der Waals surface area contributed by atoms with Crippen LogP contribution in [-0.2, 0) is 4.79 Å². The lowest BCUT2D eigenvalue weighted by Crippen LogP contribution is -2.38. The van der Waals surface area contributed by atoms with Crippen molar-refractivity contribution in [3.05, 3.63) is 11.6 Å². The molecule has 0 aromatic carbocycles. The lowest BCUT2D eigenvalue weighted by Gasteiger charge is -2.19. The summed E-state index contributed by atoms with van der Waals surface area (Å²) in [6.45, 7) is 8.15. The molecule has 0 aromatic heterocycles. The molecule has 0 heterocycles. The second kappa shape index (κ2) is 7.50. The molecule has 0 bridgehead atoms. The number of rotatable bonds is 5. The quantitative estimate of drug-likeness (QED) is 0.579. The molecule has 0 atom stereocenters. The number of terminal acetylenes is 1. The smallest absolute Gasteiger partial charge is 0.159 e. The Morgan fingerprint density at radius 2 is 2.07 bits per heavy atom. The van der Waals surface area contributed by atoms with Crippen molar-refractivity contribution < 1.29 is 4.79 Å². The van der Waals surface area contributed by atoms with E-state index < -0.39 is 0 Å². The number of hydrogen-bond acceptors (Lipinski definition) is 2. The van der Waals surface area contributed by atoms with Gasteiger partial charge < -0.3 is 5.32 Å². The number of carbonyl (C=O) groups is 1. The zero-order valence-electron chi connectivity index (χ0n) is 9.89. The number of nitrogens with one attached hydrogen (secondary N) is 1. The molecular weight excluding hydrogens is 210 g/mol. The molecule has 2 nitrogen and oxygen atoms in total. The van der Waals surface area contributed by atoms with Gasteiger partial charge in [-0.3, -0.25) is 4.79 Å². The van der Waals surface area contributed by atoms with Crippen LogP contribution in [-0.4, -0.2) is 17.9 Å². The van der Waals surface area contributed by atoms with Gasteiger partial charge in [-0.1, -0.05) is 12.0 Å². The SMILES string of the molecule is C#CC(C)(C)NCCC(=O)/C(C)=C/C.Cl. The van der Waals surface area contributed by atoms with E-state index in [-0.39, 0.29) is 23.7 Å². The van der Waals surface area contributed by atoms with Crippen molar-refractivity contribution in [3.8, 4) is 12.3 Å². The average Bonchev–Trinajstić information content (AvgIpc) is 2.16. The van der Waals surface area contributed by atoms with Crippen LogP contribution in [0.25, 0.3) is 0 Å². The largest absolute Gasteiger partial charge is 0.301 e. The molecule has 0 fully saturated rings. The molecule has 0 unspecified atom stereocenters. The van der Waals surface area contributed by atoms with Gasteiger partial charge in [0.05, 0.1) is 5.54 Å². The van der Waals surface area contributed by atoms with E-state index in [4.69, 9.17) is 6.42 Å². The molecule has 1 N–H and O–H groups in total. The van der Waals surface area contributed by atoms with Crippen LogP contribution in [0.5, 0.6) is 0 Å². The Hall–Kier alpha value is -0.780. The summed E-state index contributed by atoms with van der Waals surface area (Å²) in [5.74, 6) is 2.80. The fraction of sp³-hybridized carbons (Fsp3) is 0.583. The molecular formula is C12H20ClNO. The van der Waals surface area contributed by atoms with Crippen molar-refractivity contribution in [3.63, 3.8) is 0 Å². The summed E-state index contributed by atoms with van der Waals surface area (Å²) in [7, 11) is 0. The maximum absolute atomic E-state index is 11.4. The maximum atomic E-state index is 11.4. The first kappa shape index (κ1) is 16.6. The zero-order chi connectivity index (χ0) is 11.2. The average molecular weight is 230 g/mol. The minimum absolute atomic E-state index is 0. The summed E-state index contributed by atoms with van der Waals surface area (Å²) in [4.78, 5) is 11.4. The Kier molecular flexibility index (Phi) is 8.33. The van der Waals surface area contributed by atoms with Crippen molar-refractivity contribution in [1.82, 2.24) is 5.32 Å². The molecule has 0 saturated carbocycles. The van der Waals surface area contributed by atoms with Crippen LogP contribution in [0.15, 0.2) is 11.6 Å². The first-order chi connectivity index (χ1) is 6.43. The van der Waals surface area contributed by atoms with Gasteiger partial charge in [-0.15, -0.1) is 18.8 Å². The van der Waals surface area contributed by atoms with Crippen LogP contribution in [0.1, 0.15) is 34.1 Å². The highest BCUT2D eigenvalue weighted by Crippen LogP contribution is 2.01. The van der Waals surface area contributed by atoms with Crippen molar-refractivity contribution in [2.75, 3.05) is 6.54 Å². The number of ketones is 1. The standard InChI is InChI=1S/C12H19NO.ClH/c1-6-10(3)11(14)8-9-13-12(4,5)7-2;/h2,6,13H,8-9H2,1,3-5H3;1H/b10-6+;. The van der Waals surface area contributed by atoms with Gasteiger partial charge in [0.1, 0.15) is 0 Å². The van der Waals surface area contributed by atoms with Crippen LogP contribution in [0.2, 0.25) is 0 Å². The Morgan fingerprint density at radius 3 is 2.47 bits per heavy atom. The van der Waals surface area contributed by atoms with Gasteiger partial charge in [-0.25, -0.2) is 0 Å². The van der Waals surface area contributed by atoms with Crippen molar-refractivity contribution >= 4 is 18.2 Å². The van der Waals surface area contributed by atoms with Crippen molar-refractivity contribution in [2.24, 2.45) is 0 Å². The molecule has 15 heavy (non-hydrogen) atoms. The molecule has 3 heteroatoms. The van der Waals surface area contributed by atoms with Crippen molar-refractivity contribution in [1.29, 1.82) is 0 Å². The van der Waals surface area contributed by atoms with Crippen LogP contribution in [0, 0.1) is 12.3 Å². The van der Waals surface area contributed by atoms with Gasteiger partial charge in [0.25, 0.3) is 0 Å². The molecule has 0 aromatic rings. The molecule has 0 aliphatic rings. The molecule has 86 valence electrons. The van der Waals surface area contributed by atoms with E-state index in [9.17, 15) is 4.79 Å². The summed E-state index contributed by atoms with van der Waals surface area (Å²) in [5, 5.41) is 3.13. The third-order valence-electron chi connectivity index (χ3n) is 2.15. The third kappa shape index (κ3) is 7.18. The van der Waals surface area contributed by atoms with E-state index in [1.165, 1.54) is 0 Å². The van der Waals surface area contributed by atoms with Gasteiger partial charge >= 0.3 is 0 Å². The van der Waals surface area contributed by atoms with Gasteiger partial charge in [0.2, 0.25) is 0 Å². The minimum atomic E-state index is -0.329.